The summed E-state index contributed by atoms with van der Waals surface area (Å²) in [5.41, 5.74) is 0.554. The molecule has 1 aliphatic rings. The van der Waals surface area contributed by atoms with Crippen LogP contribution in [0.4, 0.5) is 0 Å². The van der Waals surface area contributed by atoms with Gasteiger partial charge in [-0.05, 0) is 32.9 Å². The lowest BCUT2D eigenvalue weighted by Gasteiger charge is -2.33. The topological polar surface area (TPSA) is 26.3 Å². The Morgan fingerprint density at radius 2 is 1.89 bits per heavy atom. The van der Waals surface area contributed by atoms with E-state index in [0.717, 1.165) is 12.1 Å². The Morgan fingerprint density at radius 1 is 1.33 bits per heavy atom. The molecule has 2 rings (SSSR count). The Bertz CT molecular complexity index is 469. The Morgan fingerprint density at radius 3 is 2.39 bits per heavy atom. The summed E-state index contributed by atoms with van der Waals surface area (Å²) in [7, 11) is 1.95. The number of rotatable bonds is 2. The lowest BCUT2D eigenvalue weighted by molar-refractivity contribution is -1.09. The number of hydroxylamine groups is 3. The maximum absolute atomic E-state index is 12.1. The van der Waals surface area contributed by atoms with Gasteiger partial charge in [-0.3, -0.25) is 4.84 Å². The molecule has 0 bridgehead atoms. The average molecular weight is 269 g/mol. The molecule has 1 aromatic carbocycles. The highest BCUT2D eigenvalue weighted by molar-refractivity contribution is 6.30. The summed E-state index contributed by atoms with van der Waals surface area (Å²) >= 11 is 5.92. The first-order valence-corrected chi connectivity index (χ1v) is 6.54. The molecule has 0 aliphatic carbocycles. The van der Waals surface area contributed by atoms with E-state index in [1.807, 2.05) is 52.1 Å². The molecule has 0 aromatic heterocycles. The molecule has 18 heavy (non-hydrogen) atoms. The molecule has 1 heterocycles. The summed E-state index contributed by atoms with van der Waals surface area (Å²) in [5, 5.41) is 0.701. The minimum absolute atomic E-state index is 0.00716. The highest BCUT2D eigenvalue weighted by atomic mass is 35.5. The highest BCUT2D eigenvalue weighted by Gasteiger charge is 2.60. The van der Waals surface area contributed by atoms with Crippen molar-refractivity contribution in [1.82, 2.24) is 0 Å². The van der Waals surface area contributed by atoms with Gasteiger partial charge in [0.2, 0.25) is 0 Å². The number of nitrogens with zero attached hydrogens (tertiary/aromatic N) is 1. The summed E-state index contributed by atoms with van der Waals surface area (Å²) in [4.78, 5) is 17.6. The molecule has 3 nitrogen and oxygen atoms in total. The standard InChI is InChI=1S/C14H19ClNO2/c1-5-16(4)12(14(2,3)13(17)18-16)10-6-8-11(15)9-7-10/h6-9,12H,5H2,1-4H3/q+1. The Hall–Kier alpha value is -1.06. The second-order valence-corrected chi connectivity index (χ2v) is 5.98. The van der Waals surface area contributed by atoms with Crippen molar-refractivity contribution in [3.8, 4) is 0 Å². The van der Waals surface area contributed by atoms with Gasteiger partial charge in [-0.2, -0.15) is 0 Å². The van der Waals surface area contributed by atoms with Gasteiger partial charge in [0.15, 0.2) is 6.04 Å². The molecule has 0 radical (unpaired) electrons. The number of carbonyl (C=O) groups is 1. The molecule has 1 aliphatic heterocycles. The van der Waals surface area contributed by atoms with Crippen molar-refractivity contribution < 1.29 is 14.3 Å². The van der Waals surface area contributed by atoms with E-state index in [4.69, 9.17) is 16.4 Å². The lowest BCUT2D eigenvalue weighted by atomic mass is 9.80. The van der Waals surface area contributed by atoms with Crippen LogP contribution in [-0.4, -0.2) is 24.2 Å². The molecule has 2 atom stereocenters. The van der Waals surface area contributed by atoms with Gasteiger partial charge in [-0.15, -0.1) is 4.65 Å². The van der Waals surface area contributed by atoms with Crippen LogP contribution in [0.5, 0.6) is 0 Å². The Kier molecular flexibility index (Phi) is 3.16. The van der Waals surface area contributed by atoms with E-state index in [1.54, 1.807) is 0 Å². The summed E-state index contributed by atoms with van der Waals surface area (Å²) in [5.74, 6) is -0.146. The van der Waals surface area contributed by atoms with Crippen LogP contribution in [0.1, 0.15) is 32.4 Å². The first kappa shape index (κ1) is 13.4. The van der Waals surface area contributed by atoms with Crippen LogP contribution in [0, 0.1) is 5.41 Å². The zero-order valence-corrected chi connectivity index (χ0v) is 12.0. The van der Waals surface area contributed by atoms with E-state index in [0.29, 0.717) is 5.02 Å². The molecular weight excluding hydrogens is 250 g/mol. The van der Waals surface area contributed by atoms with E-state index in [9.17, 15) is 4.79 Å². The SMILES string of the molecule is CC[N+]1(C)OC(=O)C(C)(C)C1c1ccc(Cl)cc1. The van der Waals surface area contributed by atoms with Gasteiger partial charge in [-0.1, -0.05) is 23.7 Å². The highest BCUT2D eigenvalue weighted by Crippen LogP contribution is 2.49. The number of hydrogen-bond acceptors (Lipinski definition) is 2. The van der Waals surface area contributed by atoms with Crippen LogP contribution >= 0.6 is 11.6 Å². The number of quaternary nitrogens is 1. The third-order valence-corrected chi connectivity index (χ3v) is 4.11. The zero-order valence-electron chi connectivity index (χ0n) is 11.2. The van der Waals surface area contributed by atoms with Gasteiger partial charge in [0.05, 0.1) is 0 Å². The first-order chi connectivity index (χ1) is 8.31. The van der Waals surface area contributed by atoms with Gasteiger partial charge in [0.25, 0.3) is 0 Å². The number of carbonyl (C=O) groups excluding carboxylic acids is 1. The first-order valence-electron chi connectivity index (χ1n) is 6.16. The van der Waals surface area contributed by atoms with Crippen molar-refractivity contribution in [2.45, 2.75) is 26.8 Å². The summed E-state index contributed by atoms with van der Waals surface area (Å²) in [6, 6.07) is 7.66. The van der Waals surface area contributed by atoms with Crippen LogP contribution in [0.2, 0.25) is 5.02 Å². The fraction of sp³-hybridized carbons (Fsp3) is 0.500. The fourth-order valence-electron chi connectivity index (χ4n) is 2.78. The monoisotopic (exact) mass is 268 g/mol. The maximum atomic E-state index is 12.1. The van der Waals surface area contributed by atoms with Gasteiger partial charge in [0, 0.05) is 10.6 Å². The smallest absolute Gasteiger partial charge is 0.275 e. The van der Waals surface area contributed by atoms with Crippen molar-refractivity contribution in [3.05, 3.63) is 34.9 Å². The molecule has 0 N–H and O–H groups in total. The van der Waals surface area contributed by atoms with Crippen LogP contribution in [0.15, 0.2) is 24.3 Å². The molecule has 4 heteroatoms. The minimum Gasteiger partial charge on any atom is -0.275 e. The molecule has 0 amide bonds. The van der Waals surface area contributed by atoms with Crippen LogP contribution in [0.25, 0.3) is 0 Å². The zero-order chi connectivity index (χ0) is 13.6. The summed E-state index contributed by atoms with van der Waals surface area (Å²) < 4.78 is 0.285. The maximum Gasteiger partial charge on any atom is 0.378 e. The fourth-order valence-corrected chi connectivity index (χ4v) is 2.90. The molecular formula is C14H19ClNO2+. The predicted octanol–water partition coefficient (Wildman–Crippen LogP) is 3.35. The van der Waals surface area contributed by atoms with Crippen LogP contribution in [0.3, 0.4) is 0 Å². The largest absolute Gasteiger partial charge is 0.378 e. The van der Waals surface area contributed by atoms with Gasteiger partial charge in [0.1, 0.15) is 19.0 Å². The normalized spacial score (nSPS) is 30.3. The number of halogens is 1. The van der Waals surface area contributed by atoms with Crippen molar-refractivity contribution >= 4 is 17.6 Å². The van der Waals surface area contributed by atoms with Crippen LogP contribution < -0.4 is 0 Å². The Labute approximate surface area is 113 Å². The molecule has 0 saturated carbocycles. The van der Waals surface area contributed by atoms with E-state index >= 15 is 0 Å². The number of hydrogen-bond donors (Lipinski definition) is 0. The van der Waals surface area contributed by atoms with Gasteiger partial charge in [-0.25, -0.2) is 4.79 Å². The number of benzene rings is 1. The molecule has 98 valence electrons. The molecule has 0 spiro atoms. The quantitative estimate of drug-likeness (QED) is 0.769. The van der Waals surface area contributed by atoms with Gasteiger partial charge < -0.3 is 0 Å². The summed E-state index contributed by atoms with van der Waals surface area (Å²) in [6.07, 6.45) is 0. The van der Waals surface area contributed by atoms with E-state index in [2.05, 4.69) is 0 Å². The Balaban J connectivity index is 2.50. The third-order valence-electron chi connectivity index (χ3n) is 3.86. The van der Waals surface area contributed by atoms with Gasteiger partial charge >= 0.3 is 5.97 Å². The molecule has 1 aromatic rings. The van der Waals surface area contributed by atoms with Crippen molar-refractivity contribution in [2.24, 2.45) is 5.41 Å². The van der Waals surface area contributed by atoms with Crippen LogP contribution in [-0.2, 0) is 9.63 Å². The second kappa shape index (κ2) is 4.25. The third kappa shape index (κ3) is 1.91. The molecule has 2 unspecified atom stereocenters. The second-order valence-electron chi connectivity index (χ2n) is 5.54. The predicted molar refractivity (Wildman–Crippen MR) is 70.8 cm³/mol. The van der Waals surface area contributed by atoms with E-state index < -0.39 is 5.41 Å². The molecule has 1 saturated heterocycles. The van der Waals surface area contributed by atoms with Crippen molar-refractivity contribution in [1.29, 1.82) is 0 Å². The summed E-state index contributed by atoms with van der Waals surface area (Å²) in [6.45, 7) is 6.64. The molecule has 1 fully saturated rings. The van der Waals surface area contributed by atoms with Crippen molar-refractivity contribution in [2.75, 3.05) is 13.6 Å². The van der Waals surface area contributed by atoms with E-state index in [-0.39, 0.29) is 16.7 Å². The van der Waals surface area contributed by atoms with E-state index in [1.165, 1.54) is 0 Å². The average Bonchev–Trinajstić information content (AvgIpc) is 2.49. The minimum atomic E-state index is -0.529. The van der Waals surface area contributed by atoms with Crippen molar-refractivity contribution in [3.63, 3.8) is 0 Å². The lowest BCUT2D eigenvalue weighted by Crippen LogP contribution is -2.44.